The fourth-order valence-electron chi connectivity index (χ4n) is 2.94. The Bertz CT molecular complexity index is 829. The quantitative estimate of drug-likeness (QED) is 0.834. The summed E-state index contributed by atoms with van der Waals surface area (Å²) in [5.41, 5.74) is 1.32. The van der Waals surface area contributed by atoms with Crippen molar-refractivity contribution in [1.29, 1.82) is 5.26 Å². The molecule has 1 aliphatic heterocycles. The van der Waals surface area contributed by atoms with Gasteiger partial charge in [0, 0.05) is 43.4 Å². The molecule has 1 saturated heterocycles. The van der Waals surface area contributed by atoms with Crippen LogP contribution in [0.25, 0.3) is 0 Å². The minimum Gasteiger partial charge on any atom is -0.353 e. The Labute approximate surface area is 133 Å². The molecule has 0 N–H and O–H groups in total. The van der Waals surface area contributed by atoms with Gasteiger partial charge in [0.05, 0.1) is 12.2 Å². The fraction of sp³-hybridized carbons (Fsp3) is 0.438. The maximum Gasteiger partial charge on any atom is 0.266 e. The van der Waals surface area contributed by atoms with Gasteiger partial charge in [-0.1, -0.05) is 0 Å². The lowest BCUT2D eigenvalue weighted by Gasteiger charge is -2.40. The molecule has 7 heteroatoms. The van der Waals surface area contributed by atoms with Crippen LogP contribution in [0.3, 0.4) is 0 Å². The van der Waals surface area contributed by atoms with E-state index in [2.05, 4.69) is 21.1 Å². The van der Waals surface area contributed by atoms with E-state index in [0.717, 1.165) is 18.8 Å². The summed E-state index contributed by atoms with van der Waals surface area (Å²) in [7, 11) is 0. The van der Waals surface area contributed by atoms with Gasteiger partial charge in [-0.25, -0.2) is 14.6 Å². The zero-order valence-corrected chi connectivity index (χ0v) is 12.6. The molecule has 2 fully saturated rings. The van der Waals surface area contributed by atoms with Gasteiger partial charge in [0.25, 0.3) is 5.56 Å². The van der Waals surface area contributed by atoms with Gasteiger partial charge in [0.2, 0.25) is 0 Å². The Kier molecular flexibility index (Phi) is 3.30. The molecule has 23 heavy (non-hydrogen) atoms. The minimum absolute atomic E-state index is 0.0509. The summed E-state index contributed by atoms with van der Waals surface area (Å²) in [6.07, 6.45) is 5.46. The second kappa shape index (κ2) is 5.47. The highest BCUT2D eigenvalue weighted by Crippen LogP contribution is 2.38. The standard InChI is InChI=1S/C16H16N6O/c17-7-14-16(19-6-5-18-14)21-8-11(9-21)10-22-15(23)4-3-13(20-22)12-1-2-12/h3-6,11-12H,1-2,8-10H2. The van der Waals surface area contributed by atoms with Crippen LogP contribution >= 0.6 is 0 Å². The second-order valence-corrected chi connectivity index (χ2v) is 6.16. The number of nitrogens with zero attached hydrogens (tertiary/aromatic N) is 6. The molecule has 0 radical (unpaired) electrons. The van der Waals surface area contributed by atoms with E-state index < -0.39 is 0 Å². The summed E-state index contributed by atoms with van der Waals surface area (Å²) in [5, 5.41) is 13.6. The Balaban J connectivity index is 1.44. The van der Waals surface area contributed by atoms with Crippen LogP contribution in [0.1, 0.15) is 30.1 Å². The van der Waals surface area contributed by atoms with Crippen molar-refractivity contribution in [3.05, 3.63) is 46.3 Å². The van der Waals surface area contributed by atoms with E-state index in [1.807, 2.05) is 11.0 Å². The van der Waals surface area contributed by atoms with E-state index in [0.29, 0.717) is 29.9 Å². The normalized spacial score (nSPS) is 17.6. The second-order valence-electron chi connectivity index (χ2n) is 6.16. The lowest BCUT2D eigenvalue weighted by molar-refractivity contribution is 0.331. The molecular formula is C16H16N6O. The summed E-state index contributed by atoms with van der Waals surface area (Å²) in [6, 6.07) is 5.53. The third-order valence-electron chi connectivity index (χ3n) is 4.36. The Hall–Kier alpha value is -2.75. The van der Waals surface area contributed by atoms with Crippen LogP contribution in [-0.2, 0) is 6.54 Å². The molecule has 1 aliphatic carbocycles. The molecule has 2 aromatic heterocycles. The van der Waals surface area contributed by atoms with Crippen molar-refractivity contribution in [1.82, 2.24) is 19.7 Å². The molecular weight excluding hydrogens is 292 g/mol. The monoisotopic (exact) mass is 308 g/mol. The van der Waals surface area contributed by atoms with Gasteiger partial charge in [-0.2, -0.15) is 10.4 Å². The predicted octanol–water partition coefficient (Wildman–Crippen LogP) is 0.919. The predicted molar refractivity (Wildman–Crippen MR) is 82.9 cm³/mol. The number of hydrogen-bond donors (Lipinski definition) is 0. The SMILES string of the molecule is N#Cc1nccnc1N1CC(Cn2nc(C3CC3)ccc2=O)C1. The van der Waals surface area contributed by atoms with Crippen molar-refractivity contribution in [3.8, 4) is 6.07 Å². The number of hydrogen-bond acceptors (Lipinski definition) is 6. The van der Waals surface area contributed by atoms with E-state index in [1.165, 1.54) is 19.0 Å². The maximum atomic E-state index is 12.0. The van der Waals surface area contributed by atoms with Crippen molar-refractivity contribution >= 4 is 5.82 Å². The van der Waals surface area contributed by atoms with Crippen LogP contribution in [0.2, 0.25) is 0 Å². The van der Waals surface area contributed by atoms with Crippen molar-refractivity contribution in [2.24, 2.45) is 5.92 Å². The molecule has 0 amide bonds. The van der Waals surface area contributed by atoms with Crippen molar-refractivity contribution in [2.45, 2.75) is 25.3 Å². The highest BCUT2D eigenvalue weighted by molar-refractivity contribution is 5.51. The fourth-order valence-corrected chi connectivity index (χ4v) is 2.94. The third kappa shape index (κ3) is 2.68. The summed E-state index contributed by atoms with van der Waals surface area (Å²) in [6.45, 7) is 2.13. The van der Waals surface area contributed by atoms with Crippen LogP contribution < -0.4 is 10.5 Å². The molecule has 1 saturated carbocycles. The van der Waals surface area contributed by atoms with Crippen LogP contribution in [-0.4, -0.2) is 32.8 Å². The molecule has 7 nitrogen and oxygen atoms in total. The van der Waals surface area contributed by atoms with Gasteiger partial charge in [-0.15, -0.1) is 0 Å². The highest BCUT2D eigenvalue weighted by atomic mass is 16.1. The first-order valence-electron chi connectivity index (χ1n) is 7.78. The molecule has 0 bridgehead atoms. The van der Waals surface area contributed by atoms with Crippen molar-refractivity contribution in [3.63, 3.8) is 0 Å². The molecule has 2 aromatic rings. The maximum absolute atomic E-state index is 12.0. The van der Waals surface area contributed by atoms with Gasteiger partial charge < -0.3 is 4.90 Å². The Morgan fingerprint density at radius 2 is 2.00 bits per heavy atom. The largest absolute Gasteiger partial charge is 0.353 e. The topological polar surface area (TPSA) is 87.7 Å². The summed E-state index contributed by atoms with van der Waals surface area (Å²) < 4.78 is 1.58. The van der Waals surface area contributed by atoms with Gasteiger partial charge >= 0.3 is 0 Å². The highest BCUT2D eigenvalue weighted by Gasteiger charge is 2.31. The van der Waals surface area contributed by atoms with Crippen molar-refractivity contribution in [2.75, 3.05) is 18.0 Å². The van der Waals surface area contributed by atoms with Gasteiger partial charge in [0.15, 0.2) is 11.5 Å². The lowest BCUT2D eigenvalue weighted by Crippen LogP contribution is -2.50. The number of aromatic nitrogens is 4. The first kappa shape index (κ1) is 13.9. The van der Waals surface area contributed by atoms with Crippen molar-refractivity contribution < 1.29 is 0 Å². The smallest absolute Gasteiger partial charge is 0.266 e. The zero-order chi connectivity index (χ0) is 15.8. The molecule has 4 rings (SSSR count). The summed E-state index contributed by atoms with van der Waals surface area (Å²) in [5.74, 6) is 1.50. The number of nitriles is 1. The van der Waals surface area contributed by atoms with E-state index in [-0.39, 0.29) is 5.56 Å². The van der Waals surface area contributed by atoms with Gasteiger partial charge in [-0.05, 0) is 18.9 Å². The van der Waals surface area contributed by atoms with E-state index in [1.54, 1.807) is 16.9 Å². The Morgan fingerprint density at radius 1 is 1.22 bits per heavy atom. The van der Waals surface area contributed by atoms with E-state index in [4.69, 9.17) is 5.26 Å². The zero-order valence-electron chi connectivity index (χ0n) is 12.6. The third-order valence-corrected chi connectivity index (χ3v) is 4.36. The van der Waals surface area contributed by atoms with E-state index in [9.17, 15) is 4.79 Å². The Morgan fingerprint density at radius 3 is 2.74 bits per heavy atom. The molecule has 3 heterocycles. The van der Waals surface area contributed by atoms with Crippen LogP contribution in [0, 0.1) is 17.2 Å². The average Bonchev–Trinajstić information content (AvgIpc) is 3.37. The molecule has 0 unspecified atom stereocenters. The first-order chi connectivity index (χ1) is 11.2. The molecule has 0 spiro atoms. The molecule has 116 valence electrons. The number of anilines is 1. The van der Waals surface area contributed by atoms with Crippen LogP contribution in [0.5, 0.6) is 0 Å². The lowest BCUT2D eigenvalue weighted by atomic mass is 10.00. The van der Waals surface area contributed by atoms with Gasteiger partial charge in [-0.3, -0.25) is 4.79 Å². The van der Waals surface area contributed by atoms with Crippen LogP contribution in [0.15, 0.2) is 29.3 Å². The summed E-state index contributed by atoms with van der Waals surface area (Å²) in [4.78, 5) is 22.2. The first-order valence-corrected chi connectivity index (χ1v) is 7.78. The van der Waals surface area contributed by atoms with Gasteiger partial charge in [0.1, 0.15) is 6.07 Å². The van der Waals surface area contributed by atoms with Crippen LogP contribution in [0.4, 0.5) is 5.82 Å². The average molecular weight is 308 g/mol. The molecule has 0 aromatic carbocycles. The number of rotatable bonds is 4. The summed E-state index contributed by atoms with van der Waals surface area (Å²) >= 11 is 0. The van der Waals surface area contributed by atoms with E-state index >= 15 is 0 Å². The minimum atomic E-state index is -0.0509. The molecule has 0 atom stereocenters. The molecule has 2 aliphatic rings.